The van der Waals surface area contributed by atoms with Crippen molar-refractivity contribution < 1.29 is 14.2 Å². The Morgan fingerprint density at radius 2 is 1.62 bits per heavy atom. The van der Waals surface area contributed by atoms with Crippen LogP contribution in [0.1, 0.15) is 18.4 Å². The second-order valence-corrected chi connectivity index (χ2v) is 5.24. The Kier molecular flexibility index (Phi) is 6.14. The van der Waals surface area contributed by atoms with Gasteiger partial charge in [-0.3, -0.25) is 0 Å². The molecule has 5 nitrogen and oxygen atoms in total. The molecule has 2 rings (SSSR count). The van der Waals surface area contributed by atoms with Gasteiger partial charge in [-0.2, -0.15) is 0 Å². The highest BCUT2D eigenvalue weighted by atomic mass is 16.5. The quantitative estimate of drug-likeness (QED) is 0.742. The predicted molar refractivity (Wildman–Crippen MR) is 83.5 cm³/mol. The lowest BCUT2D eigenvalue weighted by Gasteiger charge is -2.17. The van der Waals surface area contributed by atoms with Gasteiger partial charge in [0.2, 0.25) is 0 Å². The molecule has 1 aliphatic rings. The number of nitrogens with one attached hydrogen (secondary N) is 1. The number of hydrogen-bond donors (Lipinski definition) is 1. The van der Waals surface area contributed by atoms with Gasteiger partial charge in [0.1, 0.15) is 17.2 Å². The molecule has 0 unspecified atom stereocenters. The largest absolute Gasteiger partial charge is 0.496 e. The Hall–Kier alpha value is -1.46. The summed E-state index contributed by atoms with van der Waals surface area (Å²) in [5, 5.41) is 3.47. The second-order valence-electron chi connectivity index (χ2n) is 5.24. The van der Waals surface area contributed by atoms with Gasteiger partial charge in [0, 0.05) is 31.8 Å². The Morgan fingerprint density at radius 3 is 2.14 bits per heavy atom. The van der Waals surface area contributed by atoms with Crippen LogP contribution in [0.2, 0.25) is 0 Å². The van der Waals surface area contributed by atoms with E-state index in [0.29, 0.717) is 0 Å². The van der Waals surface area contributed by atoms with E-state index in [2.05, 4.69) is 10.2 Å². The highest BCUT2D eigenvalue weighted by molar-refractivity contribution is 5.50. The molecule has 1 heterocycles. The van der Waals surface area contributed by atoms with E-state index in [9.17, 15) is 0 Å². The SMILES string of the molecule is COc1cc(OC)c(CNCCN2CCCC2)c(OC)c1. The van der Waals surface area contributed by atoms with Gasteiger partial charge >= 0.3 is 0 Å². The number of hydrogen-bond acceptors (Lipinski definition) is 5. The molecule has 0 amide bonds. The van der Waals surface area contributed by atoms with Crippen LogP contribution in [0.25, 0.3) is 0 Å². The Morgan fingerprint density at radius 1 is 1.00 bits per heavy atom. The van der Waals surface area contributed by atoms with Gasteiger partial charge in [-0.25, -0.2) is 0 Å². The number of methoxy groups -OCH3 is 3. The molecule has 1 saturated heterocycles. The molecule has 1 aromatic carbocycles. The fourth-order valence-corrected chi connectivity index (χ4v) is 2.71. The number of ether oxygens (including phenoxy) is 3. The molecule has 21 heavy (non-hydrogen) atoms. The minimum absolute atomic E-state index is 0.726. The summed E-state index contributed by atoms with van der Waals surface area (Å²) in [4.78, 5) is 2.50. The van der Waals surface area contributed by atoms with Crippen molar-refractivity contribution >= 4 is 0 Å². The van der Waals surface area contributed by atoms with E-state index in [4.69, 9.17) is 14.2 Å². The van der Waals surface area contributed by atoms with E-state index < -0.39 is 0 Å². The van der Waals surface area contributed by atoms with E-state index in [-0.39, 0.29) is 0 Å². The van der Waals surface area contributed by atoms with Gasteiger partial charge in [-0.05, 0) is 25.9 Å². The first-order valence-electron chi connectivity index (χ1n) is 7.50. The van der Waals surface area contributed by atoms with Crippen molar-refractivity contribution in [2.75, 3.05) is 47.5 Å². The standard InChI is InChI=1S/C16H26N2O3/c1-19-13-10-15(20-2)14(16(11-13)21-3)12-17-6-9-18-7-4-5-8-18/h10-11,17H,4-9,12H2,1-3H3. The summed E-state index contributed by atoms with van der Waals surface area (Å²) in [7, 11) is 4.98. The van der Waals surface area contributed by atoms with E-state index in [1.54, 1.807) is 21.3 Å². The normalized spacial score (nSPS) is 15.2. The average molecular weight is 294 g/mol. The molecule has 0 saturated carbocycles. The molecule has 0 spiro atoms. The van der Waals surface area contributed by atoms with Crippen molar-refractivity contribution in [3.8, 4) is 17.2 Å². The van der Waals surface area contributed by atoms with Gasteiger partial charge < -0.3 is 24.4 Å². The fourth-order valence-electron chi connectivity index (χ4n) is 2.71. The third kappa shape index (κ3) is 4.25. The third-order valence-corrected chi connectivity index (χ3v) is 3.92. The molecule has 1 fully saturated rings. The van der Waals surface area contributed by atoms with E-state index in [1.807, 2.05) is 12.1 Å². The third-order valence-electron chi connectivity index (χ3n) is 3.92. The molecule has 0 aromatic heterocycles. The van der Waals surface area contributed by atoms with Crippen molar-refractivity contribution in [1.82, 2.24) is 10.2 Å². The van der Waals surface area contributed by atoms with E-state index in [1.165, 1.54) is 25.9 Å². The van der Waals surface area contributed by atoms with Crippen molar-refractivity contribution in [1.29, 1.82) is 0 Å². The van der Waals surface area contributed by atoms with Gasteiger partial charge in [0.15, 0.2) is 0 Å². The lowest BCUT2D eigenvalue weighted by molar-refractivity contribution is 0.332. The molecule has 0 aliphatic carbocycles. The van der Waals surface area contributed by atoms with E-state index >= 15 is 0 Å². The summed E-state index contributed by atoms with van der Waals surface area (Å²) >= 11 is 0. The number of likely N-dealkylation sites (tertiary alicyclic amines) is 1. The highest BCUT2D eigenvalue weighted by Crippen LogP contribution is 2.33. The molecule has 0 radical (unpaired) electrons. The van der Waals surface area contributed by atoms with Crippen LogP contribution < -0.4 is 19.5 Å². The lowest BCUT2D eigenvalue weighted by Crippen LogP contribution is -2.29. The average Bonchev–Trinajstić information content (AvgIpc) is 3.04. The van der Waals surface area contributed by atoms with Crippen molar-refractivity contribution in [3.05, 3.63) is 17.7 Å². The van der Waals surface area contributed by atoms with E-state index in [0.717, 1.165) is 42.4 Å². The van der Waals surface area contributed by atoms with Crippen molar-refractivity contribution in [2.45, 2.75) is 19.4 Å². The Balaban J connectivity index is 1.94. The number of benzene rings is 1. The second kappa shape index (κ2) is 8.10. The monoisotopic (exact) mass is 294 g/mol. The first-order valence-corrected chi connectivity index (χ1v) is 7.50. The summed E-state index contributed by atoms with van der Waals surface area (Å²) < 4.78 is 16.2. The molecular formula is C16H26N2O3. The summed E-state index contributed by atoms with van der Waals surface area (Å²) in [6.45, 7) is 5.26. The molecule has 1 N–H and O–H groups in total. The fraction of sp³-hybridized carbons (Fsp3) is 0.625. The summed E-state index contributed by atoms with van der Waals surface area (Å²) in [5.74, 6) is 2.32. The maximum atomic E-state index is 5.45. The minimum Gasteiger partial charge on any atom is -0.496 e. The zero-order chi connectivity index (χ0) is 15.1. The van der Waals surface area contributed by atoms with Crippen LogP contribution in [0.4, 0.5) is 0 Å². The summed E-state index contributed by atoms with van der Waals surface area (Å²) in [5.41, 5.74) is 1.03. The van der Waals surface area contributed by atoms with Gasteiger partial charge in [0.05, 0.1) is 26.9 Å². The molecule has 1 aromatic rings. The Labute approximate surface area is 127 Å². The van der Waals surface area contributed by atoms with Crippen LogP contribution in [0.5, 0.6) is 17.2 Å². The zero-order valence-electron chi connectivity index (χ0n) is 13.3. The highest BCUT2D eigenvalue weighted by Gasteiger charge is 2.14. The topological polar surface area (TPSA) is 43.0 Å². The maximum absolute atomic E-state index is 5.45. The van der Waals surface area contributed by atoms with Crippen LogP contribution in [0, 0.1) is 0 Å². The molecule has 0 atom stereocenters. The molecule has 1 aliphatic heterocycles. The van der Waals surface area contributed by atoms with Gasteiger partial charge in [-0.15, -0.1) is 0 Å². The van der Waals surface area contributed by atoms with Gasteiger partial charge in [0.25, 0.3) is 0 Å². The first kappa shape index (κ1) is 15.9. The first-order chi connectivity index (χ1) is 10.3. The number of rotatable bonds is 8. The summed E-state index contributed by atoms with van der Waals surface area (Å²) in [6.07, 6.45) is 2.67. The van der Waals surface area contributed by atoms with Crippen LogP contribution in [-0.4, -0.2) is 52.4 Å². The van der Waals surface area contributed by atoms with Crippen LogP contribution in [-0.2, 0) is 6.54 Å². The van der Waals surface area contributed by atoms with Crippen LogP contribution in [0.3, 0.4) is 0 Å². The molecule has 0 bridgehead atoms. The van der Waals surface area contributed by atoms with Crippen molar-refractivity contribution in [2.24, 2.45) is 0 Å². The smallest absolute Gasteiger partial charge is 0.130 e. The zero-order valence-corrected chi connectivity index (χ0v) is 13.3. The van der Waals surface area contributed by atoms with Crippen LogP contribution >= 0.6 is 0 Å². The van der Waals surface area contributed by atoms with Crippen molar-refractivity contribution in [3.63, 3.8) is 0 Å². The molecule has 118 valence electrons. The predicted octanol–water partition coefficient (Wildman–Crippen LogP) is 1.90. The summed E-state index contributed by atoms with van der Waals surface area (Å²) in [6, 6.07) is 3.78. The minimum atomic E-state index is 0.726. The Bertz CT molecular complexity index is 420. The van der Waals surface area contributed by atoms with Gasteiger partial charge in [-0.1, -0.05) is 0 Å². The number of nitrogens with zero attached hydrogens (tertiary/aromatic N) is 1. The van der Waals surface area contributed by atoms with Crippen LogP contribution in [0.15, 0.2) is 12.1 Å². The molecular weight excluding hydrogens is 268 g/mol. The maximum Gasteiger partial charge on any atom is 0.130 e. The lowest BCUT2D eigenvalue weighted by atomic mass is 10.1. The molecule has 5 heteroatoms.